The van der Waals surface area contributed by atoms with Crippen molar-refractivity contribution < 1.29 is 4.42 Å². The van der Waals surface area contributed by atoms with Gasteiger partial charge in [-0.15, -0.1) is 0 Å². The molecule has 0 saturated heterocycles. The lowest BCUT2D eigenvalue weighted by atomic mass is 10.3. The second kappa shape index (κ2) is 4.75. The quantitative estimate of drug-likeness (QED) is 0.726. The van der Waals surface area contributed by atoms with E-state index in [0.29, 0.717) is 16.9 Å². The number of aromatic nitrogens is 3. The van der Waals surface area contributed by atoms with E-state index in [2.05, 4.69) is 15.0 Å². The van der Waals surface area contributed by atoms with E-state index < -0.39 is 0 Å². The van der Waals surface area contributed by atoms with Crippen molar-refractivity contribution in [2.24, 2.45) is 5.73 Å². The molecule has 0 aliphatic rings. The largest absolute Gasteiger partial charge is 0.431 e. The molecule has 18 heavy (non-hydrogen) atoms. The molecule has 3 aromatic rings. The van der Waals surface area contributed by atoms with Crippen LogP contribution in [0.25, 0.3) is 11.1 Å². The molecule has 1 aromatic carbocycles. The molecular formula is C12H10N4OS. The van der Waals surface area contributed by atoms with Gasteiger partial charge in [0, 0.05) is 24.5 Å². The Bertz CT molecular complexity index is 649. The first-order chi connectivity index (χ1) is 8.85. The Morgan fingerprint density at radius 2 is 2.06 bits per heavy atom. The van der Waals surface area contributed by atoms with Gasteiger partial charge in [-0.25, -0.2) is 15.0 Å². The predicted octanol–water partition coefficient (Wildman–Crippen LogP) is 2.23. The minimum absolute atomic E-state index is 0.392. The van der Waals surface area contributed by atoms with Crippen molar-refractivity contribution in [3.05, 3.63) is 42.2 Å². The fourth-order valence-electron chi connectivity index (χ4n) is 1.51. The lowest BCUT2D eigenvalue weighted by Gasteiger charge is -1.97. The van der Waals surface area contributed by atoms with Crippen molar-refractivity contribution in [1.82, 2.24) is 15.0 Å². The van der Waals surface area contributed by atoms with Gasteiger partial charge < -0.3 is 10.2 Å². The van der Waals surface area contributed by atoms with Gasteiger partial charge in [-0.1, -0.05) is 12.1 Å². The van der Waals surface area contributed by atoms with Crippen LogP contribution in [0.2, 0.25) is 0 Å². The Morgan fingerprint density at radius 3 is 2.89 bits per heavy atom. The summed E-state index contributed by atoms with van der Waals surface area (Å²) in [7, 11) is 0. The first kappa shape index (κ1) is 11.2. The summed E-state index contributed by atoms with van der Waals surface area (Å²) in [5.74, 6) is 0. The summed E-state index contributed by atoms with van der Waals surface area (Å²) in [6.07, 6.45) is 1.68. The van der Waals surface area contributed by atoms with Crippen molar-refractivity contribution in [3.8, 4) is 0 Å². The predicted molar refractivity (Wildman–Crippen MR) is 68.1 cm³/mol. The number of fused-ring (bicyclic) bond motifs is 1. The van der Waals surface area contributed by atoms with E-state index in [1.807, 2.05) is 24.3 Å². The minimum Gasteiger partial charge on any atom is -0.431 e. The van der Waals surface area contributed by atoms with E-state index in [0.717, 1.165) is 16.8 Å². The number of nitrogens with two attached hydrogens (primary N) is 1. The zero-order chi connectivity index (χ0) is 12.4. The van der Waals surface area contributed by atoms with Crippen molar-refractivity contribution in [2.75, 3.05) is 0 Å². The van der Waals surface area contributed by atoms with E-state index in [-0.39, 0.29) is 0 Å². The number of hydrogen-bond acceptors (Lipinski definition) is 6. The van der Waals surface area contributed by atoms with Crippen LogP contribution < -0.4 is 5.73 Å². The summed E-state index contributed by atoms with van der Waals surface area (Å²) < 4.78 is 5.59. The Morgan fingerprint density at radius 1 is 1.17 bits per heavy atom. The van der Waals surface area contributed by atoms with Crippen molar-refractivity contribution >= 4 is 22.9 Å². The van der Waals surface area contributed by atoms with Crippen LogP contribution in [0.3, 0.4) is 0 Å². The number of benzene rings is 1. The second-order valence-electron chi connectivity index (χ2n) is 3.58. The molecule has 6 heteroatoms. The molecule has 0 aliphatic carbocycles. The maximum absolute atomic E-state index is 5.59. The second-order valence-corrected chi connectivity index (χ2v) is 4.50. The molecule has 0 amide bonds. The topological polar surface area (TPSA) is 77.8 Å². The van der Waals surface area contributed by atoms with Gasteiger partial charge in [-0.3, -0.25) is 0 Å². The smallest absolute Gasteiger partial charge is 0.264 e. The highest BCUT2D eigenvalue weighted by molar-refractivity contribution is 7.98. The van der Waals surface area contributed by atoms with Crippen LogP contribution in [-0.4, -0.2) is 15.0 Å². The average Bonchev–Trinajstić information content (AvgIpc) is 2.81. The van der Waals surface area contributed by atoms with Crippen LogP contribution in [0.15, 0.2) is 51.3 Å². The van der Waals surface area contributed by atoms with E-state index in [1.165, 1.54) is 11.8 Å². The zero-order valence-electron chi connectivity index (χ0n) is 9.41. The molecule has 0 atom stereocenters. The van der Waals surface area contributed by atoms with Gasteiger partial charge >= 0.3 is 0 Å². The molecule has 2 N–H and O–H groups in total. The third kappa shape index (κ3) is 2.20. The van der Waals surface area contributed by atoms with Gasteiger partial charge in [-0.05, 0) is 18.2 Å². The summed E-state index contributed by atoms with van der Waals surface area (Å²) in [6.45, 7) is 0.392. The number of rotatable bonds is 3. The molecule has 0 radical (unpaired) electrons. The fraction of sp³-hybridized carbons (Fsp3) is 0.0833. The molecule has 2 aromatic heterocycles. The summed E-state index contributed by atoms with van der Waals surface area (Å²) in [5, 5.41) is 1.12. The Labute approximate surface area is 107 Å². The molecule has 0 unspecified atom stereocenters. The van der Waals surface area contributed by atoms with Gasteiger partial charge in [0.25, 0.3) is 5.22 Å². The van der Waals surface area contributed by atoms with Gasteiger partial charge in [0.15, 0.2) is 10.7 Å². The third-order valence-corrected chi connectivity index (χ3v) is 3.08. The molecule has 0 spiro atoms. The van der Waals surface area contributed by atoms with Gasteiger partial charge in [-0.2, -0.15) is 0 Å². The summed E-state index contributed by atoms with van der Waals surface area (Å²) >= 11 is 1.29. The molecule has 0 saturated carbocycles. The fourth-order valence-corrected chi connectivity index (χ4v) is 2.22. The van der Waals surface area contributed by atoms with E-state index in [9.17, 15) is 0 Å². The highest BCUT2D eigenvalue weighted by atomic mass is 32.2. The van der Waals surface area contributed by atoms with Crippen LogP contribution in [0.1, 0.15) is 5.69 Å². The maximum Gasteiger partial charge on any atom is 0.264 e. The number of hydrogen-bond donors (Lipinski definition) is 1. The van der Waals surface area contributed by atoms with Gasteiger partial charge in [0.1, 0.15) is 5.52 Å². The Hall–Kier alpha value is -1.92. The highest BCUT2D eigenvalue weighted by Gasteiger charge is 2.09. The number of nitrogens with zero attached hydrogens (tertiary/aromatic N) is 3. The van der Waals surface area contributed by atoms with Crippen molar-refractivity contribution in [2.45, 2.75) is 16.9 Å². The van der Waals surface area contributed by atoms with Gasteiger partial charge in [0.2, 0.25) is 0 Å². The van der Waals surface area contributed by atoms with Crippen molar-refractivity contribution in [1.29, 1.82) is 0 Å². The molecule has 0 fully saturated rings. The minimum atomic E-state index is 0.392. The molecule has 90 valence electrons. The number of oxazole rings is 1. The normalized spacial score (nSPS) is 10.9. The highest BCUT2D eigenvalue weighted by Crippen LogP contribution is 2.27. The lowest BCUT2D eigenvalue weighted by Crippen LogP contribution is -2.00. The summed E-state index contributed by atoms with van der Waals surface area (Å²) in [6, 6.07) is 9.40. The first-order valence-corrected chi connectivity index (χ1v) is 6.22. The van der Waals surface area contributed by atoms with Crippen LogP contribution in [0.5, 0.6) is 0 Å². The maximum atomic E-state index is 5.59. The third-order valence-electron chi connectivity index (χ3n) is 2.35. The molecule has 0 aliphatic heterocycles. The lowest BCUT2D eigenvalue weighted by molar-refractivity contribution is 0.488. The Balaban J connectivity index is 1.91. The van der Waals surface area contributed by atoms with Crippen LogP contribution in [0, 0.1) is 0 Å². The summed E-state index contributed by atoms with van der Waals surface area (Å²) in [4.78, 5) is 12.8. The van der Waals surface area contributed by atoms with Crippen molar-refractivity contribution in [3.63, 3.8) is 0 Å². The van der Waals surface area contributed by atoms with Crippen LogP contribution in [-0.2, 0) is 6.54 Å². The standard InChI is InChI=1S/C12H10N4OS/c13-7-8-5-6-14-11(15-8)18-12-16-9-3-1-2-4-10(9)17-12/h1-6H,7,13H2. The Kier molecular flexibility index (Phi) is 2.95. The number of para-hydroxylation sites is 2. The molecule has 0 bridgehead atoms. The zero-order valence-corrected chi connectivity index (χ0v) is 10.2. The van der Waals surface area contributed by atoms with Crippen LogP contribution in [0.4, 0.5) is 0 Å². The van der Waals surface area contributed by atoms with E-state index >= 15 is 0 Å². The molecule has 2 heterocycles. The van der Waals surface area contributed by atoms with E-state index in [4.69, 9.17) is 10.2 Å². The molecular weight excluding hydrogens is 248 g/mol. The first-order valence-electron chi connectivity index (χ1n) is 5.40. The monoisotopic (exact) mass is 258 g/mol. The summed E-state index contributed by atoms with van der Waals surface area (Å²) in [5.41, 5.74) is 7.92. The van der Waals surface area contributed by atoms with Crippen LogP contribution >= 0.6 is 11.8 Å². The average molecular weight is 258 g/mol. The van der Waals surface area contributed by atoms with Gasteiger partial charge in [0.05, 0.1) is 5.69 Å². The SMILES string of the molecule is NCc1ccnc(Sc2nc3ccccc3o2)n1. The van der Waals surface area contributed by atoms with E-state index in [1.54, 1.807) is 12.3 Å². The molecule has 3 rings (SSSR count). The molecule has 5 nitrogen and oxygen atoms in total.